The molecule has 84 valence electrons. The lowest BCUT2D eigenvalue weighted by Crippen LogP contribution is -2.47. The minimum absolute atomic E-state index is 0.183. The second-order valence-electron chi connectivity index (χ2n) is 4.26. The lowest BCUT2D eigenvalue weighted by atomic mass is 10.2. The van der Waals surface area contributed by atoms with Gasteiger partial charge >= 0.3 is 0 Å². The molecule has 3 nitrogen and oxygen atoms in total. The van der Waals surface area contributed by atoms with Crippen molar-refractivity contribution in [3.63, 3.8) is 0 Å². The Bertz CT molecular complexity index is 267. The molecule has 0 saturated carbocycles. The van der Waals surface area contributed by atoms with Gasteiger partial charge < -0.3 is 4.90 Å². The van der Waals surface area contributed by atoms with E-state index in [0.29, 0.717) is 5.92 Å². The lowest BCUT2D eigenvalue weighted by Gasteiger charge is -2.33. The predicted molar refractivity (Wildman–Crippen MR) is 61.3 cm³/mol. The van der Waals surface area contributed by atoms with Gasteiger partial charge in [-0.3, -0.25) is 9.69 Å². The fourth-order valence-corrected chi connectivity index (χ4v) is 1.58. The number of hydrogen-bond donors (Lipinski definition) is 0. The SMILES string of the molecule is CC(=O)N1CCN(CC#CC(C)C)CC1. The molecule has 0 atom stereocenters. The Labute approximate surface area is 92.4 Å². The maximum Gasteiger partial charge on any atom is 0.219 e. The van der Waals surface area contributed by atoms with E-state index in [2.05, 4.69) is 30.6 Å². The number of hydrogen-bond acceptors (Lipinski definition) is 2. The van der Waals surface area contributed by atoms with Crippen molar-refractivity contribution in [2.24, 2.45) is 5.92 Å². The van der Waals surface area contributed by atoms with E-state index in [1.165, 1.54) is 0 Å². The zero-order valence-electron chi connectivity index (χ0n) is 9.92. The van der Waals surface area contributed by atoms with Crippen molar-refractivity contribution in [2.45, 2.75) is 20.8 Å². The van der Waals surface area contributed by atoms with Crippen molar-refractivity contribution < 1.29 is 4.79 Å². The summed E-state index contributed by atoms with van der Waals surface area (Å²) < 4.78 is 0. The zero-order chi connectivity index (χ0) is 11.3. The molecule has 1 fully saturated rings. The molecular weight excluding hydrogens is 188 g/mol. The van der Waals surface area contributed by atoms with Gasteiger partial charge in [-0.2, -0.15) is 0 Å². The first-order valence-corrected chi connectivity index (χ1v) is 5.56. The highest BCUT2D eigenvalue weighted by Gasteiger charge is 2.17. The molecule has 1 heterocycles. The van der Waals surface area contributed by atoms with Crippen LogP contribution in [0.4, 0.5) is 0 Å². The second-order valence-corrected chi connectivity index (χ2v) is 4.26. The minimum Gasteiger partial charge on any atom is -0.340 e. The molecule has 0 aromatic heterocycles. The van der Waals surface area contributed by atoms with Gasteiger partial charge in [0.2, 0.25) is 5.91 Å². The van der Waals surface area contributed by atoms with Crippen LogP contribution in [0.2, 0.25) is 0 Å². The Balaban J connectivity index is 2.27. The minimum atomic E-state index is 0.183. The normalized spacial score (nSPS) is 17.5. The summed E-state index contributed by atoms with van der Waals surface area (Å²) in [7, 11) is 0. The summed E-state index contributed by atoms with van der Waals surface area (Å²) in [6.45, 7) is 10.3. The number of rotatable bonds is 1. The molecular formula is C12H20N2O. The summed E-state index contributed by atoms with van der Waals surface area (Å²) in [6, 6.07) is 0. The van der Waals surface area contributed by atoms with Crippen LogP contribution in [0.15, 0.2) is 0 Å². The molecule has 0 N–H and O–H groups in total. The van der Waals surface area contributed by atoms with E-state index in [-0.39, 0.29) is 5.91 Å². The van der Waals surface area contributed by atoms with Gasteiger partial charge in [-0.1, -0.05) is 25.7 Å². The Hall–Kier alpha value is -1.01. The molecule has 0 aromatic rings. The van der Waals surface area contributed by atoms with Crippen molar-refractivity contribution >= 4 is 5.91 Å². The van der Waals surface area contributed by atoms with Gasteiger partial charge in [0.15, 0.2) is 0 Å². The van der Waals surface area contributed by atoms with Crippen LogP contribution in [0.5, 0.6) is 0 Å². The molecule has 1 amide bonds. The van der Waals surface area contributed by atoms with Gasteiger partial charge in [-0.15, -0.1) is 0 Å². The van der Waals surface area contributed by atoms with Crippen molar-refractivity contribution in [2.75, 3.05) is 32.7 Å². The van der Waals surface area contributed by atoms with Crippen LogP contribution in [0.1, 0.15) is 20.8 Å². The first-order chi connectivity index (χ1) is 7.09. The third-order valence-corrected chi connectivity index (χ3v) is 2.51. The Morgan fingerprint density at radius 1 is 1.27 bits per heavy atom. The largest absolute Gasteiger partial charge is 0.340 e. The van der Waals surface area contributed by atoms with Gasteiger partial charge in [0.1, 0.15) is 0 Å². The number of carbonyl (C=O) groups excluding carboxylic acids is 1. The highest BCUT2D eigenvalue weighted by molar-refractivity contribution is 5.73. The highest BCUT2D eigenvalue weighted by atomic mass is 16.2. The molecule has 0 aromatic carbocycles. The van der Waals surface area contributed by atoms with Crippen molar-refractivity contribution in [1.29, 1.82) is 0 Å². The third-order valence-electron chi connectivity index (χ3n) is 2.51. The van der Waals surface area contributed by atoms with Crippen molar-refractivity contribution in [3.8, 4) is 11.8 Å². The maximum atomic E-state index is 11.1. The van der Waals surface area contributed by atoms with Crippen LogP contribution in [0.3, 0.4) is 0 Å². The van der Waals surface area contributed by atoms with E-state index in [9.17, 15) is 4.79 Å². The van der Waals surface area contributed by atoms with E-state index < -0.39 is 0 Å². The van der Waals surface area contributed by atoms with Gasteiger partial charge in [-0.05, 0) is 0 Å². The molecule has 3 heteroatoms. The van der Waals surface area contributed by atoms with E-state index in [4.69, 9.17) is 0 Å². The van der Waals surface area contributed by atoms with E-state index in [1.807, 2.05) is 4.90 Å². The summed E-state index contributed by atoms with van der Waals surface area (Å²) >= 11 is 0. The van der Waals surface area contributed by atoms with Gasteiger partial charge in [-0.25, -0.2) is 0 Å². The van der Waals surface area contributed by atoms with Gasteiger partial charge in [0.05, 0.1) is 6.54 Å². The quantitative estimate of drug-likeness (QED) is 0.595. The third kappa shape index (κ3) is 4.35. The summed E-state index contributed by atoms with van der Waals surface area (Å²) in [5, 5.41) is 0. The zero-order valence-corrected chi connectivity index (χ0v) is 9.92. The number of piperazine rings is 1. The van der Waals surface area contributed by atoms with Crippen LogP contribution in [0, 0.1) is 17.8 Å². The summed E-state index contributed by atoms with van der Waals surface area (Å²) in [6.07, 6.45) is 0. The first kappa shape index (κ1) is 12.1. The molecule has 1 aliphatic heterocycles. The predicted octanol–water partition coefficient (Wildman–Crippen LogP) is 0.810. The van der Waals surface area contributed by atoms with Crippen LogP contribution >= 0.6 is 0 Å². The molecule has 0 radical (unpaired) electrons. The standard InChI is InChI=1S/C12H20N2O/c1-11(2)5-4-6-13-7-9-14(10-8-13)12(3)15/h11H,6-10H2,1-3H3. The summed E-state index contributed by atoms with van der Waals surface area (Å²) in [5.41, 5.74) is 0. The topological polar surface area (TPSA) is 23.6 Å². The fraction of sp³-hybridized carbons (Fsp3) is 0.750. The Morgan fingerprint density at radius 2 is 1.87 bits per heavy atom. The molecule has 1 aliphatic rings. The average molecular weight is 208 g/mol. The smallest absolute Gasteiger partial charge is 0.219 e. The van der Waals surface area contributed by atoms with Gasteiger partial charge in [0.25, 0.3) is 0 Å². The molecule has 0 spiro atoms. The molecule has 0 bridgehead atoms. The van der Waals surface area contributed by atoms with E-state index >= 15 is 0 Å². The Morgan fingerprint density at radius 3 is 2.33 bits per heavy atom. The Kier molecular flexibility index (Phi) is 4.64. The summed E-state index contributed by atoms with van der Waals surface area (Å²) in [4.78, 5) is 15.3. The fourth-order valence-electron chi connectivity index (χ4n) is 1.58. The molecule has 1 saturated heterocycles. The maximum absolute atomic E-state index is 11.1. The molecule has 15 heavy (non-hydrogen) atoms. The lowest BCUT2D eigenvalue weighted by molar-refractivity contribution is -0.130. The van der Waals surface area contributed by atoms with Crippen LogP contribution in [-0.4, -0.2) is 48.4 Å². The molecule has 1 rings (SSSR count). The first-order valence-electron chi connectivity index (χ1n) is 5.56. The van der Waals surface area contributed by atoms with E-state index in [0.717, 1.165) is 32.7 Å². The number of nitrogens with zero attached hydrogens (tertiary/aromatic N) is 2. The number of carbonyl (C=O) groups is 1. The van der Waals surface area contributed by atoms with E-state index in [1.54, 1.807) is 6.92 Å². The van der Waals surface area contributed by atoms with Crippen molar-refractivity contribution in [1.82, 2.24) is 9.80 Å². The van der Waals surface area contributed by atoms with Crippen LogP contribution in [0.25, 0.3) is 0 Å². The van der Waals surface area contributed by atoms with Gasteiger partial charge in [0, 0.05) is 39.0 Å². The average Bonchev–Trinajstić information content (AvgIpc) is 2.18. The van der Waals surface area contributed by atoms with Crippen LogP contribution < -0.4 is 0 Å². The second kappa shape index (κ2) is 5.77. The number of amides is 1. The monoisotopic (exact) mass is 208 g/mol. The molecule has 0 unspecified atom stereocenters. The van der Waals surface area contributed by atoms with Crippen molar-refractivity contribution in [3.05, 3.63) is 0 Å². The highest BCUT2D eigenvalue weighted by Crippen LogP contribution is 2.00. The van der Waals surface area contributed by atoms with Crippen LogP contribution in [-0.2, 0) is 4.79 Å². The molecule has 0 aliphatic carbocycles. The summed E-state index contributed by atoms with van der Waals surface area (Å²) in [5.74, 6) is 6.96.